The minimum absolute atomic E-state index is 0. The summed E-state index contributed by atoms with van der Waals surface area (Å²) in [6.45, 7) is 25.2. The molecule has 94 heavy (non-hydrogen) atoms. The third-order valence-electron chi connectivity index (χ3n) is 10.8. The number of hydrogen-bond acceptors (Lipinski definition) is 23. The van der Waals surface area contributed by atoms with E-state index in [4.69, 9.17) is 81.6 Å². The summed E-state index contributed by atoms with van der Waals surface area (Å²) >= 11 is 19.3. The van der Waals surface area contributed by atoms with Crippen LogP contribution in [0.15, 0.2) is 20.5 Å². The maximum Gasteiger partial charge on any atom is 1.00 e. The van der Waals surface area contributed by atoms with Crippen molar-refractivity contribution in [2.45, 2.75) is 43.4 Å². The van der Waals surface area contributed by atoms with Gasteiger partial charge in [0.25, 0.3) is 0 Å². The van der Waals surface area contributed by atoms with Crippen molar-refractivity contribution in [1.29, 1.82) is 0 Å². The summed E-state index contributed by atoms with van der Waals surface area (Å²) in [7, 11) is 0. The van der Waals surface area contributed by atoms with E-state index < -0.39 is 22.8 Å². The normalized spacial score (nSPS) is 12.0. The molecule has 36 nitrogen and oxygen atoms in total. The number of carbonyl (C=O) groups excluding carboxylic acids is 3. The minimum atomic E-state index is -0.833. The van der Waals surface area contributed by atoms with Gasteiger partial charge in [-0.25, -0.2) is 0 Å². The molecule has 0 rings (SSSR count). The maximum atomic E-state index is 12.0. The Hall–Kier alpha value is -1.60. The molecule has 43 heteroatoms. The number of rotatable bonds is 62. The average molecular weight is 1750 g/mol. The van der Waals surface area contributed by atoms with E-state index in [9.17, 15) is 14.4 Å². The van der Waals surface area contributed by atoms with Crippen LogP contribution in [0.2, 0.25) is 0 Å². The molecule has 3 atom stereocenters. The van der Waals surface area contributed by atoms with Gasteiger partial charge in [0.15, 0.2) is 0 Å². The van der Waals surface area contributed by atoms with E-state index in [0.717, 1.165) is 61.9 Å². The van der Waals surface area contributed by atoms with Gasteiger partial charge in [0.1, 0.15) is 6.04 Å². The molecule has 542 valence electrons. The molecule has 0 saturated carbocycles. The van der Waals surface area contributed by atoms with Crippen LogP contribution in [-0.2, 0) is 57.0 Å². The number of nitrogens with two attached hydrogens (primary N) is 1. The van der Waals surface area contributed by atoms with Crippen LogP contribution >= 0.6 is 95.6 Å². The second-order valence-electron chi connectivity index (χ2n) is 18.9. The smallest absolute Gasteiger partial charge is 0.380 e. The summed E-state index contributed by atoms with van der Waals surface area (Å²) in [5, 5.41) is 41.3. The van der Waals surface area contributed by atoms with Crippen molar-refractivity contribution in [1.82, 2.24) is 42.5 Å². The van der Waals surface area contributed by atoms with Gasteiger partial charge in [-0.1, -0.05) is 100 Å². The fourth-order valence-electron chi connectivity index (χ4n) is 6.29. The van der Waals surface area contributed by atoms with Crippen molar-refractivity contribution in [3.05, 3.63) is 57.7 Å². The van der Waals surface area contributed by atoms with Crippen molar-refractivity contribution in [2.24, 2.45) is 37.0 Å². The van der Waals surface area contributed by atoms with Gasteiger partial charge in [-0.05, 0) is 65.7 Å². The first-order chi connectivity index (χ1) is 45.0. The van der Waals surface area contributed by atoms with Crippen molar-refractivity contribution >= 4 is 112 Å². The summed E-state index contributed by atoms with van der Waals surface area (Å²) in [4.78, 5) is 45.7. The maximum absolute atomic E-state index is 12.0. The van der Waals surface area contributed by atoms with Crippen LogP contribution in [0, 0.1) is 10.8 Å². The first kappa shape index (κ1) is 103. The number of halogens is 6. The van der Waals surface area contributed by atoms with Crippen molar-refractivity contribution in [3.63, 3.8) is 0 Å². The van der Waals surface area contributed by atoms with E-state index in [1.165, 1.54) is 11.8 Å². The Bertz CT molecular complexity index is 1840. The van der Waals surface area contributed by atoms with Crippen molar-refractivity contribution in [3.8, 4) is 0 Å². The third kappa shape index (κ3) is 81.1. The van der Waals surface area contributed by atoms with E-state index in [1.807, 2.05) is 6.92 Å². The van der Waals surface area contributed by atoms with E-state index in [1.54, 1.807) is 13.8 Å². The summed E-state index contributed by atoms with van der Waals surface area (Å²) in [5.74, 6) is -0.464. The predicted octanol–water partition coefficient (Wildman–Crippen LogP) is 2.99. The SMILES string of the molecule is CC(Br)C(=O)Br.CC(Br)C(=O)NCCOCC(COCCNCCBr)(COCCNCCBr)COCCNCCBr.CC(N=[N+]=[N-])C(=O)NCCOCC(COCCNCCN=[N+]=[N-])(COCCNCCN=[N+]=[N-])COCCNCCN=[N+]=[N-].CCOCCN.[N-]=[N+]=[N-].[Na+]. The topological polar surface area (TPSA) is 510 Å². The van der Waals surface area contributed by atoms with Crippen molar-refractivity contribution in [2.75, 3.05) is 253 Å². The molecule has 0 aromatic rings. The molecule has 0 radical (unpaired) electrons. The molecule has 0 spiro atoms. The molecule has 10 N–H and O–H groups in total. The van der Waals surface area contributed by atoms with Gasteiger partial charge in [-0.15, -0.1) is 0 Å². The molecule has 2 amide bonds. The zero-order valence-corrected chi connectivity index (χ0v) is 66.8. The Morgan fingerprint density at radius 2 is 0.702 bits per heavy atom. The number of alkyl halides is 5. The van der Waals surface area contributed by atoms with Gasteiger partial charge in [0.05, 0.1) is 133 Å². The summed E-state index contributed by atoms with van der Waals surface area (Å²) < 4.78 is 52.7. The first-order valence-corrected chi connectivity index (χ1v) is 35.9. The van der Waals surface area contributed by atoms with Crippen LogP contribution in [0.3, 0.4) is 0 Å². The second kappa shape index (κ2) is 85.6. The number of nitrogens with zero attached hydrogens (tertiary/aromatic N) is 15. The van der Waals surface area contributed by atoms with E-state index >= 15 is 0 Å². The number of hydrogen-bond donors (Lipinski definition) is 9. The van der Waals surface area contributed by atoms with E-state index in [0.29, 0.717) is 151 Å². The molecule has 0 heterocycles. The van der Waals surface area contributed by atoms with Gasteiger partial charge >= 0.3 is 29.6 Å². The summed E-state index contributed by atoms with van der Waals surface area (Å²) in [5.41, 5.74) is 51.1. The second-order valence-corrected chi connectivity index (χ2v) is 24.8. The number of ether oxygens (including phenoxy) is 9. The zero-order valence-electron chi connectivity index (χ0n) is 55.3. The molecule has 0 fully saturated rings. The number of azide groups is 4. The number of amides is 2. The number of nitrogens with one attached hydrogen (secondary N) is 8. The Balaban J connectivity index is -0.000000338. The molecule has 0 aliphatic carbocycles. The van der Waals surface area contributed by atoms with E-state index in [-0.39, 0.29) is 89.4 Å². The molecule has 3 unspecified atom stereocenters. The van der Waals surface area contributed by atoms with Gasteiger partial charge < -0.3 is 102 Å². The third-order valence-corrected chi connectivity index (χ3v) is 14.1. The Morgan fingerprint density at radius 1 is 0.436 bits per heavy atom. The van der Waals surface area contributed by atoms with Crippen LogP contribution in [0.25, 0.3) is 57.7 Å². The molecule has 0 aliphatic rings. The van der Waals surface area contributed by atoms with Gasteiger partial charge in [0, 0.05) is 160 Å². The molecular formula is C51H103Br6N24NaO12. The zero-order chi connectivity index (χ0) is 70.4. The predicted molar refractivity (Wildman–Crippen MR) is 383 cm³/mol. The van der Waals surface area contributed by atoms with Crippen LogP contribution in [0.4, 0.5) is 0 Å². The van der Waals surface area contributed by atoms with Gasteiger partial charge in [0.2, 0.25) is 16.5 Å². The standard InChI is InChI=1S/C22H44Br4N4O5.C22H44N16O5.C4H11NO.C3H4Br2O.N3.Na/c1-20(26)21(31)30-11-15-35-19-22(16-32-12-8-27-5-2-23,17-33-13-9-28-6-3-24)18-34-14-10-29-7-4-25;1-20(34-38-26)21(39)30-11-15-43-19-22(16-40-12-8-27-2-5-31-35-23,17-41-13-9-28-3-6-32-36-24)18-42-14-10-29-4-7-33-37-25;1-2-6-4-3-5;1-2(4)3(5)6;1-3-2;/h20,27-29H,2-19H2,1H3,(H,30,31);20,27-29H,2-19H2,1H3,(H,30,39);2-5H2,1H3;2H,1H3;;/q;;;;-1;+1. The minimum Gasteiger partial charge on any atom is -0.380 e. The molecule has 0 saturated heterocycles. The Morgan fingerprint density at radius 3 is 0.915 bits per heavy atom. The monoisotopic (exact) mass is 1740 g/mol. The van der Waals surface area contributed by atoms with Crippen LogP contribution in [-0.4, -0.2) is 285 Å². The van der Waals surface area contributed by atoms with E-state index in [2.05, 4.69) is 178 Å². The largest absolute Gasteiger partial charge is 1.00 e. The molecule has 0 bridgehead atoms. The molecule has 0 aromatic heterocycles. The van der Waals surface area contributed by atoms with Gasteiger partial charge in [-0.3, -0.25) is 19.3 Å². The first-order valence-electron chi connectivity index (χ1n) is 29.9. The van der Waals surface area contributed by atoms with Crippen LogP contribution < -0.4 is 77.8 Å². The van der Waals surface area contributed by atoms with Crippen LogP contribution in [0.5, 0.6) is 0 Å². The fraction of sp³-hybridized carbons (Fsp3) is 0.941. The molecule has 0 aromatic carbocycles. The molecular weight excluding hydrogens is 1640 g/mol. The summed E-state index contributed by atoms with van der Waals surface area (Å²) in [6, 6.07) is -0.833. The fourth-order valence-corrected chi connectivity index (χ4v) is 7.29. The Kier molecular flexibility index (Phi) is 94.2. The summed E-state index contributed by atoms with van der Waals surface area (Å²) in [6.07, 6.45) is 0. The van der Waals surface area contributed by atoms with Gasteiger partial charge in [-0.2, -0.15) is 0 Å². The average Bonchev–Trinajstić information content (AvgIpc) is 0.978. The Labute approximate surface area is 626 Å². The van der Waals surface area contributed by atoms with Crippen LogP contribution in [0.1, 0.15) is 27.7 Å². The quantitative estimate of drug-likeness (QED) is 0.00804. The number of carbonyl (C=O) groups is 3. The van der Waals surface area contributed by atoms with Crippen molar-refractivity contribution < 1.29 is 86.6 Å². The molecule has 0 aliphatic heterocycles.